The fraction of sp³-hybridized carbons (Fsp3) is 0.263. The van der Waals surface area contributed by atoms with Crippen LogP contribution in [0.25, 0.3) is 0 Å². The number of rotatable bonds is 6. The Hall–Kier alpha value is -2.49. The third kappa shape index (κ3) is 4.74. The monoisotopic (exact) mass is 313 g/mol. The third-order valence-electron chi connectivity index (χ3n) is 3.77. The Bertz CT molecular complexity index is 678. The minimum Gasteiger partial charge on any atom is -0.349 e. The summed E-state index contributed by atoms with van der Waals surface area (Å²) in [5.41, 5.74) is 1.14. The van der Waals surface area contributed by atoms with E-state index < -0.39 is 5.82 Å². The predicted octanol–water partition coefficient (Wildman–Crippen LogP) is 3.49. The second kappa shape index (κ2) is 7.18. The fourth-order valence-corrected chi connectivity index (χ4v) is 2.37. The molecule has 0 aromatic heterocycles. The number of amides is 1. The molecule has 0 bridgehead atoms. The Morgan fingerprint density at radius 2 is 1.61 bits per heavy atom. The number of carbonyl (C=O) groups is 2. The van der Waals surface area contributed by atoms with E-state index in [9.17, 15) is 14.0 Å². The second-order valence-corrected chi connectivity index (χ2v) is 6.13. The van der Waals surface area contributed by atoms with E-state index in [1.54, 1.807) is 0 Å². The second-order valence-electron chi connectivity index (χ2n) is 6.13. The molecule has 0 spiro atoms. The van der Waals surface area contributed by atoms with Crippen LogP contribution in [0.1, 0.15) is 36.2 Å². The molecule has 1 N–H and O–H groups in total. The van der Waals surface area contributed by atoms with E-state index in [0.717, 1.165) is 5.56 Å². The molecule has 3 nitrogen and oxygen atoms in total. The molecule has 1 amide bonds. The van der Waals surface area contributed by atoms with Crippen LogP contribution < -0.4 is 5.32 Å². The van der Waals surface area contributed by atoms with Gasteiger partial charge in [0.05, 0.1) is 6.54 Å². The summed E-state index contributed by atoms with van der Waals surface area (Å²) in [6, 6.07) is 15.1. The topological polar surface area (TPSA) is 46.2 Å². The highest BCUT2D eigenvalue weighted by molar-refractivity contribution is 5.99. The molecular formula is C19H20FNO2. The van der Waals surface area contributed by atoms with E-state index >= 15 is 0 Å². The van der Waals surface area contributed by atoms with Crippen molar-refractivity contribution in [2.45, 2.75) is 25.7 Å². The number of nitrogens with one attached hydrogen (secondary N) is 1. The van der Waals surface area contributed by atoms with Gasteiger partial charge in [-0.1, -0.05) is 44.2 Å². The maximum Gasteiger partial charge on any atom is 0.221 e. The van der Waals surface area contributed by atoms with Crippen molar-refractivity contribution in [2.75, 3.05) is 6.54 Å². The van der Waals surface area contributed by atoms with Crippen LogP contribution in [0.5, 0.6) is 0 Å². The minimum absolute atomic E-state index is 0.0880. The third-order valence-corrected chi connectivity index (χ3v) is 3.77. The van der Waals surface area contributed by atoms with Gasteiger partial charge in [0.15, 0.2) is 5.78 Å². The van der Waals surface area contributed by atoms with Crippen LogP contribution in [-0.2, 0) is 10.2 Å². The molecule has 0 aliphatic rings. The average molecular weight is 313 g/mol. The van der Waals surface area contributed by atoms with Crippen LogP contribution in [0.3, 0.4) is 0 Å². The molecule has 0 unspecified atom stereocenters. The molecule has 2 aromatic carbocycles. The molecule has 0 saturated carbocycles. The largest absolute Gasteiger partial charge is 0.349 e. The van der Waals surface area contributed by atoms with Gasteiger partial charge in [0.2, 0.25) is 5.91 Å². The molecule has 0 fully saturated rings. The minimum atomic E-state index is -0.393. The van der Waals surface area contributed by atoms with E-state index in [0.29, 0.717) is 5.56 Å². The first-order valence-corrected chi connectivity index (χ1v) is 7.49. The van der Waals surface area contributed by atoms with Crippen molar-refractivity contribution >= 4 is 11.7 Å². The Morgan fingerprint density at radius 1 is 1.00 bits per heavy atom. The Labute approximate surface area is 135 Å². The summed E-state index contributed by atoms with van der Waals surface area (Å²) in [7, 11) is 0. The van der Waals surface area contributed by atoms with Crippen molar-refractivity contribution in [3.05, 3.63) is 71.5 Å². The van der Waals surface area contributed by atoms with Crippen LogP contribution in [-0.4, -0.2) is 18.2 Å². The molecule has 0 atom stereocenters. The van der Waals surface area contributed by atoms with Crippen molar-refractivity contribution in [3.63, 3.8) is 0 Å². The summed E-state index contributed by atoms with van der Waals surface area (Å²) >= 11 is 0. The molecular weight excluding hydrogens is 293 g/mol. The van der Waals surface area contributed by atoms with Gasteiger partial charge in [-0.25, -0.2) is 4.39 Å². The van der Waals surface area contributed by atoms with Crippen molar-refractivity contribution < 1.29 is 14.0 Å². The molecule has 2 aromatic rings. The molecule has 0 saturated heterocycles. The highest BCUT2D eigenvalue weighted by Gasteiger charge is 2.24. The van der Waals surface area contributed by atoms with Crippen molar-refractivity contribution in [1.82, 2.24) is 5.32 Å². The van der Waals surface area contributed by atoms with Crippen LogP contribution in [0.2, 0.25) is 0 Å². The smallest absolute Gasteiger partial charge is 0.221 e. The summed E-state index contributed by atoms with van der Waals surface area (Å²) in [5.74, 6) is -0.819. The number of hydrogen-bond acceptors (Lipinski definition) is 2. The standard InChI is InChI=1S/C19H20FNO2/c1-19(2,15-6-4-3-5-7-15)12-18(23)21-13-17(22)14-8-10-16(20)11-9-14/h3-11H,12-13H2,1-2H3,(H,21,23). The lowest BCUT2D eigenvalue weighted by Crippen LogP contribution is -2.34. The van der Waals surface area contributed by atoms with Crippen LogP contribution >= 0.6 is 0 Å². The van der Waals surface area contributed by atoms with E-state index in [1.807, 2.05) is 44.2 Å². The highest BCUT2D eigenvalue weighted by Crippen LogP contribution is 2.26. The van der Waals surface area contributed by atoms with Gasteiger partial charge in [-0.15, -0.1) is 0 Å². The molecule has 0 heterocycles. The van der Waals surface area contributed by atoms with Gasteiger partial charge in [0, 0.05) is 12.0 Å². The van der Waals surface area contributed by atoms with E-state index in [2.05, 4.69) is 5.32 Å². The number of carbonyl (C=O) groups excluding carboxylic acids is 2. The van der Waals surface area contributed by atoms with Crippen molar-refractivity contribution in [3.8, 4) is 0 Å². The van der Waals surface area contributed by atoms with Crippen molar-refractivity contribution in [1.29, 1.82) is 0 Å². The highest BCUT2D eigenvalue weighted by atomic mass is 19.1. The lowest BCUT2D eigenvalue weighted by atomic mass is 9.81. The number of Topliss-reactive ketones (excluding diaryl/α,β-unsaturated/α-hetero) is 1. The maximum atomic E-state index is 12.8. The summed E-state index contributed by atoms with van der Waals surface area (Å²) in [6.07, 6.45) is 0.285. The first kappa shape index (κ1) is 16.9. The number of benzene rings is 2. The zero-order valence-electron chi connectivity index (χ0n) is 13.3. The summed E-state index contributed by atoms with van der Waals surface area (Å²) in [4.78, 5) is 24.1. The van der Waals surface area contributed by atoms with Gasteiger partial charge < -0.3 is 5.32 Å². The van der Waals surface area contributed by atoms with E-state index in [4.69, 9.17) is 0 Å². The number of halogens is 1. The molecule has 4 heteroatoms. The fourth-order valence-electron chi connectivity index (χ4n) is 2.37. The predicted molar refractivity (Wildman–Crippen MR) is 87.8 cm³/mol. The zero-order chi connectivity index (χ0) is 16.9. The summed E-state index contributed by atoms with van der Waals surface area (Å²) in [6.45, 7) is 3.89. The Kier molecular flexibility index (Phi) is 5.27. The lowest BCUT2D eigenvalue weighted by molar-refractivity contribution is -0.121. The quantitative estimate of drug-likeness (QED) is 0.830. The normalized spacial score (nSPS) is 11.1. The Morgan fingerprint density at radius 3 is 2.22 bits per heavy atom. The SMILES string of the molecule is CC(C)(CC(=O)NCC(=O)c1ccc(F)cc1)c1ccccc1. The zero-order valence-corrected chi connectivity index (χ0v) is 13.3. The van der Waals surface area contributed by atoms with Gasteiger partial charge >= 0.3 is 0 Å². The number of ketones is 1. The maximum absolute atomic E-state index is 12.8. The molecule has 120 valence electrons. The van der Waals surface area contributed by atoms with Crippen molar-refractivity contribution in [2.24, 2.45) is 0 Å². The summed E-state index contributed by atoms with van der Waals surface area (Å²) < 4.78 is 12.8. The van der Waals surface area contributed by atoms with Crippen LogP contribution in [0.15, 0.2) is 54.6 Å². The molecule has 23 heavy (non-hydrogen) atoms. The average Bonchev–Trinajstić information content (AvgIpc) is 2.54. The molecule has 0 aliphatic carbocycles. The van der Waals surface area contributed by atoms with Gasteiger partial charge in [0.1, 0.15) is 5.82 Å². The van der Waals surface area contributed by atoms with Gasteiger partial charge in [-0.3, -0.25) is 9.59 Å². The van der Waals surface area contributed by atoms with E-state index in [-0.39, 0.29) is 30.1 Å². The van der Waals surface area contributed by atoms with Crippen LogP contribution in [0, 0.1) is 5.82 Å². The summed E-state index contributed by atoms with van der Waals surface area (Å²) in [5, 5.41) is 2.64. The first-order valence-electron chi connectivity index (χ1n) is 7.49. The first-order chi connectivity index (χ1) is 10.9. The van der Waals surface area contributed by atoms with E-state index in [1.165, 1.54) is 24.3 Å². The Balaban J connectivity index is 1.90. The molecule has 0 aliphatic heterocycles. The molecule has 0 radical (unpaired) electrons. The lowest BCUT2D eigenvalue weighted by Gasteiger charge is -2.24. The van der Waals surface area contributed by atoms with Gasteiger partial charge in [0.25, 0.3) is 0 Å². The van der Waals surface area contributed by atoms with Gasteiger partial charge in [-0.05, 0) is 35.2 Å². The van der Waals surface area contributed by atoms with Crippen LogP contribution in [0.4, 0.5) is 4.39 Å². The number of hydrogen-bond donors (Lipinski definition) is 1. The molecule has 2 rings (SSSR count). The van der Waals surface area contributed by atoms with Gasteiger partial charge in [-0.2, -0.15) is 0 Å².